The van der Waals surface area contributed by atoms with Gasteiger partial charge in [-0.3, -0.25) is 14.3 Å². The largest absolute Gasteiger partial charge is 0.543 e. The zero-order chi connectivity index (χ0) is 21.5. The summed E-state index contributed by atoms with van der Waals surface area (Å²) in [6.45, 7) is 17.8. The van der Waals surface area contributed by atoms with E-state index in [-0.39, 0.29) is 17.4 Å². The van der Waals surface area contributed by atoms with Gasteiger partial charge < -0.3 is 9.16 Å². The molecule has 0 aliphatic carbocycles. The molecule has 0 saturated heterocycles. The number of aromatic nitrogens is 2. The number of rotatable bonds is 5. The van der Waals surface area contributed by atoms with Crippen molar-refractivity contribution >= 4 is 31.0 Å². The maximum atomic E-state index is 12.3. The molecule has 6 nitrogen and oxygen atoms in total. The van der Waals surface area contributed by atoms with Gasteiger partial charge in [0.2, 0.25) is 8.32 Å². The normalized spacial score (nSPS) is 12.9. The maximum absolute atomic E-state index is 12.3. The molecular weight excluding hydrogens is 372 g/mol. The topological polar surface area (TPSA) is 70.4 Å². The first-order chi connectivity index (χ1) is 12.6. The lowest BCUT2D eigenvalue weighted by Gasteiger charge is -2.36. The number of ketones is 1. The molecular formula is C21H32N2O4Si. The van der Waals surface area contributed by atoms with Gasteiger partial charge in [-0.05, 0) is 51.0 Å². The van der Waals surface area contributed by atoms with Crippen LogP contribution < -0.4 is 4.43 Å². The summed E-state index contributed by atoms with van der Waals surface area (Å²) < 4.78 is 13.3. The van der Waals surface area contributed by atoms with Crippen LogP contribution in [0.15, 0.2) is 18.2 Å². The average molecular weight is 405 g/mol. The Hall–Kier alpha value is -2.15. The molecule has 0 atom stereocenters. The van der Waals surface area contributed by atoms with Gasteiger partial charge in [0.05, 0.1) is 5.52 Å². The van der Waals surface area contributed by atoms with E-state index in [0.717, 1.165) is 5.75 Å². The Labute approximate surface area is 168 Å². The van der Waals surface area contributed by atoms with Gasteiger partial charge in [0.15, 0.2) is 5.78 Å². The van der Waals surface area contributed by atoms with Crippen LogP contribution in [-0.4, -0.2) is 35.5 Å². The molecule has 0 radical (unpaired) electrons. The summed E-state index contributed by atoms with van der Waals surface area (Å²) >= 11 is 0. The fraction of sp³-hybridized carbons (Fsp3) is 0.571. The van der Waals surface area contributed by atoms with Crippen LogP contribution >= 0.6 is 0 Å². The molecule has 0 unspecified atom stereocenters. The molecule has 2 rings (SSSR count). The highest BCUT2D eigenvalue weighted by atomic mass is 28.4. The Morgan fingerprint density at radius 3 is 2.21 bits per heavy atom. The van der Waals surface area contributed by atoms with Crippen molar-refractivity contribution in [3.63, 3.8) is 0 Å². The number of nitrogens with zero attached hydrogens (tertiary/aromatic N) is 2. The number of carbonyl (C=O) groups excluding carboxylic acids is 2. The highest BCUT2D eigenvalue weighted by Gasteiger charge is 2.39. The van der Waals surface area contributed by atoms with Crippen LogP contribution in [-0.2, 0) is 16.1 Å². The number of hydrogen-bond donors (Lipinski definition) is 0. The van der Waals surface area contributed by atoms with Crippen LogP contribution in [0.25, 0.3) is 10.9 Å². The molecule has 1 aromatic carbocycles. The molecule has 0 aliphatic rings. The fourth-order valence-corrected chi connectivity index (χ4v) is 3.56. The second-order valence-electron chi connectivity index (χ2n) is 9.69. The molecule has 0 bridgehead atoms. The Kier molecular flexibility index (Phi) is 5.81. The van der Waals surface area contributed by atoms with Crippen LogP contribution in [0.4, 0.5) is 0 Å². The summed E-state index contributed by atoms with van der Waals surface area (Å²) in [5.74, 6) is 0.174. The summed E-state index contributed by atoms with van der Waals surface area (Å²) in [6, 6.07) is 5.57. The molecule has 0 aliphatic heterocycles. The summed E-state index contributed by atoms with van der Waals surface area (Å²) in [5.41, 5.74) is 0.449. The van der Waals surface area contributed by atoms with Crippen LogP contribution in [0.1, 0.15) is 59.0 Å². The SMILES string of the molecule is CC(=O)c1nn(CC(=O)OC(C)(C)C)c2cc(O[Si](C)(C)C(C)(C)C)ccc12. The molecule has 0 fully saturated rings. The lowest BCUT2D eigenvalue weighted by molar-refractivity contribution is -0.155. The van der Waals surface area contributed by atoms with Crippen molar-refractivity contribution in [2.24, 2.45) is 0 Å². The predicted octanol–water partition coefficient (Wildman–Crippen LogP) is 4.96. The van der Waals surface area contributed by atoms with E-state index in [1.54, 1.807) is 0 Å². The summed E-state index contributed by atoms with van der Waals surface area (Å²) in [6.07, 6.45) is 0. The van der Waals surface area contributed by atoms with Gasteiger partial charge in [-0.1, -0.05) is 20.8 Å². The minimum atomic E-state index is -2.02. The van der Waals surface area contributed by atoms with Crippen molar-refractivity contribution in [3.05, 3.63) is 23.9 Å². The third kappa shape index (κ3) is 5.01. The highest BCUT2D eigenvalue weighted by molar-refractivity contribution is 6.74. The zero-order valence-corrected chi connectivity index (χ0v) is 19.5. The quantitative estimate of drug-likeness (QED) is 0.400. The number of fused-ring (bicyclic) bond motifs is 1. The van der Waals surface area contributed by atoms with E-state index in [4.69, 9.17) is 9.16 Å². The lowest BCUT2D eigenvalue weighted by Crippen LogP contribution is -2.43. The van der Waals surface area contributed by atoms with E-state index >= 15 is 0 Å². The van der Waals surface area contributed by atoms with Gasteiger partial charge in [-0.2, -0.15) is 5.10 Å². The number of benzene rings is 1. The van der Waals surface area contributed by atoms with Crippen molar-refractivity contribution in [1.82, 2.24) is 9.78 Å². The maximum Gasteiger partial charge on any atom is 0.328 e. The molecule has 0 N–H and O–H groups in total. The summed E-state index contributed by atoms with van der Waals surface area (Å²) in [5, 5.41) is 5.13. The monoisotopic (exact) mass is 404 g/mol. The van der Waals surface area contributed by atoms with Crippen molar-refractivity contribution in [1.29, 1.82) is 0 Å². The fourth-order valence-electron chi connectivity index (χ4n) is 2.54. The second-order valence-corrected chi connectivity index (χ2v) is 14.4. The smallest absolute Gasteiger partial charge is 0.328 e. The van der Waals surface area contributed by atoms with E-state index in [0.29, 0.717) is 16.6 Å². The molecule has 28 heavy (non-hydrogen) atoms. The third-order valence-corrected chi connectivity index (χ3v) is 9.29. The minimum Gasteiger partial charge on any atom is -0.543 e. The van der Waals surface area contributed by atoms with Crippen LogP contribution in [0.2, 0.25) is 18.1 Å². The van der Waals surface area contributed by atoms with Gasteiger partial charge in [0, 0.05) is 18.4 Å². The van der Waals surface area contributed by atoms with Crippen molar-refractivity contribution in [3.8, 4) is 5.75 Å². The Balaban J connectivity index is 2.46. The molecule has 7 heteroatoms. The van der Waals surface area contributed by atoms with E-state index < -0.39 is 19.9 Å². The molecule has 1 aromatic heterocycles. The van der Waals surface area contributed by atoms with Crippen molar-refractivity contribution in [2.75, 3.05) is 0 Å². The van der Waals surface area contributed by atoms with Gasteiger partial charge >= 0.3 is 5.97 Å². The molecule has 1 heterocycles. The molecule has 2 aromatic rings. The van der Waals surface area contributed by atoms with Crippen molar-refractivity contribution in [2.45, 2.75) is 78.7 Å². The van der Waals surface area contributed by atoms with Crippen LogP contribution in [0.3, 0.4) is 0 Å². The Morgan fingerprint density at radius 2 is 1.71 bits per heavy atom. The zero-order valence-electron chi connectivity index (χ0n) is 18.5. The third-order valence-electron chi connectivity index (χ3n) is 4.93. The molecule has 0 spiro atoms. The Bertz CT molecular complexity index is 901. The minimum absolute atomic E-state index is 0.0588. The van der Waals surface area contributed by atoms with E-state index in [2.05, 4.69) is 39.0 Å². The number of ether oxygens (including phenoxy) is 1. The standard InChI is InChI=1S/C21H32N2O4Si/c1-14(24)19-16-11-10-15(27-28(8,9)21(5,6)7)12-17(16)23(22-19)13-18(25)26-20(2,3)4/h10-12H,13H2,1-9H3. The predicted molar refractivity (Wildman–Crippen MR) is 113 cm³/mol. The van der Waals surface area contributed by atoms with Crippen LogP contribution in [0.5, 0.6) is 5.75 Å². The average Bonchev–Trinajstić information content (AvgIpc) is 2.82. The molecule has 0 saturated carbocycles. The van der Waals surface area contributed by atoms with Crippen molar-refractivity contribution < 1.29 is 18.8 Å². The molecule has 0 amide bonds. The van der Waals surface area contributed by atoms with E-state index in [1.807, 2.05) is 39.0 Å². The van der Waals surface area contributed by atoms with Gasteiger partial charge in [-0.25, -0.2) is 0 Å². The number of Topliss-reactive ketones (excluding diaryl/α,β-unsaturated/α-hetero) is 1. The lowest BCUT2D eigenvalue weighted by atomic mass is 10.1. The first-order valence-corrected chi connectivity index (χ1v) is 12.4. The van der Waals surface area contributed by atoms with E-state index in [1.165, 1.54) is 11.6 Å². The first-order valence-electron chi connectivity index (χ1n) is 9.53. The second kappa shape index (κ2) is 7.35. The number of hydrogen-bond acceptors (Lipinski definition) is 5. The van der Waals surface area contributed by atoms with Crippen LogP contribution in [0, 0.1) is 0 Å². The van der Waals surface area contributed by atoms with Gasteiger partial charge in [0.1, 0.15) is 23.6 Å². The van der Waals surface area contributed by atoms with Gasteiger partial charge in [-0.15, -0.1) is 0 Å². The summed E-state index contributed by atoms with van der Waals surface area (Å²) in [7, 11) is -2.02. The Morgan fingerprint density at radius 1 is 1.11 bits per heavy atom. The molecule has 154 valence electrons. The van der Waals surface area contributed by atoms with E-state index in [9.17, 15) is 9.59 Å². The number of esters is 1. The highest BCUT2D eigenvalue weighted by Crippen LogP contribution is 2.38. The van der Waals surface area contributed by atoms with Gasteiger partial charge in [0.25, 0.3) is 0 Å². The first kappa shape index (κ1) is 22.1. The summed E-state index contributed by atoms with van der Waals surface area (Å²) in [4.78, 5) is 24.3. The number of carbonyl (C=O) groups is 2.